The van der Waals surface area contributed by atoms with Gasteiger partial charge in [0.2, 0.25) is 5.91 Å². The van der Waals surface area contributed by atoms with Crippen molar-refractivity contribution in [2.45, 2.75) is 26.2 Å². The van der Waals surface area contributed by atoms with Gasteiger partial charge in [0.15, 0.2) is 0 Å². The zero-order valence-electron chi connectivity index (χ0n) is 15.7. The fourth-order valence-corrected chi connectivity index (χ4v) is 5.11. The number of pyridine rings is 1. The van der Waals surface area contributed by atoms with E-state index in [9.17, 15) is 13.6 Å². The van der Waals surface area contributed by atoms with Crippen LogP contribution in [0.3, 0.4) is 0 Å². The van der Waals surface area contributed by atoms with Crippen LogP contribution in [0, 0.1) is 31.1 Å². The predicted molar refractivity (Wildman–Crippen MR) is 111 cm³/mol. The van der Waals surface area contributed by atoms with Gasteiger partial charge in [-0.3, -0.25) is 14.7 Å². The summed E-state index contributed by atoms with van der Waals surface area (Å²) in [5.74, 6) is -0.0983. The van der Waals surface area contributed by atoms with E-state index in [0.29, 0.717) is 16.5 Å². The largest absolute Gasteiger partial charge is 0.290 e. The SMILES string of the molecule is C#CCN(C(=O)C(C)CSCC1CC1(F)F)c1sc(-c2cccnc2)nc1C. The molecule has 1 saturated carbocycles. The summed E-state index contributed by atoms with van der Waals surface area (Å²) in [7, 11) is 0. The third-order valence-electron chi connectivity index (χ3n) is 4.51. The molecule has 148 valence electrons. The van der Waals surface area contributed by atoms with Crippen LogP contribution in [0.5, 0.6) is 0 Å². The predicted octanol–water partition coefficient (Wildman–Crippen LogP) is 4.50. The molecule has 0 aromatic carbocycles. The van der Waals surface area contributed by atoms with Crippen molar-refractivity contribution in [1.29, 1.82) is 0 Å². The van der Waals surface area contributed by atoms with E-state index in [1.165, 1.54) is 23.1 Å². The standard InChI is InChI=1S/C20H21F2N3OS2/c1-4-8-25(18(26)13(2)11-27-12-16-9-20(16,21)22)19-14(3)24-17(28-19)15-6-5-7-23-10-15/h1,5-7,10,13,16H,8-9,11-12H2,2-3H3. The molecule has 4 nitrogen and oxygen atoms in total. The number of thioether (sulfide) groups is 1. The number of anilines is 1. The quantitative estimate of drug-likeness (QED) is 0.589. The summed E-state index contributed by atoms with van der Waals surface area (Å²) < 4.78 is 26.0. The fraction of sp³-hybridized carbons (Fsp3) is 0.450. The normalized spacial score (nSPS) is 18.3. The van der Waals surface area contributed by atoms with Crippen molar-refractivity contribution in [3.63, 3.8) is 0 Å². The minimum Gasteiger partial charge on any atom is -0.290 e. The van der Waals surface area contributed by atoms with Crippen molar-refractivity contribution in [2.75, 3.05) is 23.0 Å². The zero-order valence-corrected chi connectivity index (χ0v) is 17.3. The van der Waals surface area contributed by atoms with E-state index >= 15 is 0 Å². The van der Waals surface area contributed by atoms with Gasteiger partial charge in [0.05, 0.1) is 12.2 Å². The molecule has 2 aromatic rings. The second-order valence-corrected chi connectivity index (χ2v) is 8.93. The summed E-state index contributed by atoms with van der Waals surface area (Å²) in [6.07, 6.45) is 8.87. The van der Waals surface area contributed by atoms with E-state index in [0.717, 1.165) is 16.3 Å². The Kier molecular flexibility index (Phi) is 6.36. The van der Waals surface area contributed by atoms with Crippen molar-refractivity contribution in [3.05, 3.63) is 30.2 Å². The molecule has 0 bridgehead atoms. The summed E-state index contributed by atoms with van der Waals surface area (Å²) in [6.45, 7) is 3.80. The van der Waals surface area contributed by atoms with Crippen LogP contribution in [0.15, 0.2) is 24.5 Å². The number of terminal acetylenes is 1. The van der Waals surface area contributed by atoms with Gasteiger partial charge < -0.3 is 0 Å². The molecule has 0 N–H and O–H groups in total. The number of carbonyl (C=O) groups is 1. The Morgan fingerprint density at radius 3 is 2.93 bits per heavy atom. The smallest absolute Gasteiger partial charge is 0.252 e. The number of nitrogens with zero attached hydrogens (tertiary/aromatic N) is 3. The lowest BCUT2D eigenvalue weighted by molar-refractivity contribution is -0.121. The summed E-state index contributed by atoms with van der Waals surface area (Å²) in [5.41, 5.74) is 1.61. The average Bonchev–Trinajstić information content (AvgIpc) is 3.10. The molecular formula is C20H21F2N3OS2. The number of alkyl halides is 2. The Bertz CT molecular complexity index is 879. The van der Waals surface area contributed by atoms with E-state index in [-0.39, 0.29) is 24.8 Å². The van der Waals surface area contributed by atoms with Crippen LogP contribution in [0.25, 0.3) is 10.6 Å². The number of rotatable bonds is 8. The molecule has 2 heterocycles. The molecule has 0 saturated heterocycles. The highest BCUT2D eigenvalue weighted by atomic mass is 32.2. The van der Waals surface area contributed by atoms with Crippen LogP contribution in [0.4, 0.5) is 13.8 Å². The van der Waals surface area contributed by atoms with E-state index in [2.05, 4.69) is 15.9 Å². The van der Waals surface area contributed by atoms with Crippen LogP contribution >= 0.6 is 23.1 Å². The first-order chi connectivity index (χ1) is 13.3. The first kappa shape index (κ1) is 20.7. The van der Waals surface area contributed by atoms with E-state index in [1.807, 2.05) is 26.0 Å². The van der Waals surface area contributed by atoms with Gasteiger partial charge in [-0.1, -0.05) is 24.2 Å². The van der Waals surface area contributed by atoms with E-state index in [4.69, 9.17) is 6.42 Å². The molecule has 28 heavy (non-hydrogen) atoms. The number of carbonyl (C=O) groups excluding carboxylic acids is 1. The van der Waals surface area contributed by atoms with Crippen LogP contribution in [0.2, 0.25) is 0 Å². The van der Waals surface area contributed by atoms with Crippen LogP contribution in [0.1, 0.15) is 19.0 Å². The van der Waals surface area contributed by atoms with Crippen molar-refractivity contribution >= 4 is 34.0 Å². The lowest BCUT2D eigenvalue weighted by Crippen LogP contribution is -2.36. The molecule has 1 aliphatic carbocycles. The first-order valence-electron chi connectivity index (χ1n) is 8.91. The molecule has 2 unspecified atom stereocenters. The number of halogens is 2. The maximum atomic E-state index is 13.0. The third-order valence-corrected chi connectivity index (χ3v) is 7.11. The molecule has 0 radical (unpaired) electrons. The highest BCUT2D eigenvalue weighted by Gasteiger charge is 2.56. The number of hydrogen-bond donors (Lipinski definition) is 0. The van der Waals surface area contributed by atoms with Crippen molar-refractivity contribution in [1.82, 2.24) is 9.97 Å². The maximum Gasteiger partial charge on any atom is 0.252 e. The highest BCUT2D eigenvalue weighted by molar-refractivity contribution is 7.99. The van der Waals surface area contributed by atoms with E-state index in [1.54, 1.807) is 17.3 Å². The number of aromatic nitrogens is 2. The molecule has 1 fully saturated rings. The van der Waals surface area contributed by atoms with Gasteiger partial charge in [-0.2, -0.15) is 11.8 Å². The van der Waals surface area contributed by atoms with Crippen LogP contribution in [-0.2, 0) is 4.79 Å². The highest BCUT2D eigenvalue weighted by Crippen LogP contribution is 2.50. The maximum absolute atomic E-state index is 13.0. The second-order valence-electron chi connectivity index (χ2n) is 6.88. The number of thiazole rings is 1. The van der Waals surface area contributed by atoms with Gasteiger partial charge in [-0.25, -0.2) is 13.8 Å². The van der Waals surface area contributed by atoms with Gasteiger partial charge in [0, 0.05) is 47.7 Å². The van der Waals surface area contributed by atoms with Crippen LogP contribution in [-0.4, -0.2) is 39.8 Å². The molecule has 2 aromatic heterocycles. The van der Waals surface area contributed by atoms with Crippen molar-refractivity contribution in [2.24, 2.45) is 11.8 Å². The molecule has 8 heteroatoms. The molecule has 1 aliphatic rings. The van der Waals surface area contributed by atoms with E-state index < -0.39 is 11.8 Å². The van der Waals surface area contributed by atoms with Gasteiger partial charge in [0.1, 0.15) is 10.0 Å². The van der Waals surface area contributed by atoms with Gasteiger partial charge in [-0.15, -0.1) is 6.42 Å². The van der Waals surface area contributed by atoms with Gasteiger partial charge >= 0.3 is 0 Å². The minimum atomic E-state index is -2.52. The lowest BCUT2D eigenvalue weighted by atomic mass is 10.2. The second kappa shape index (κ2) is 8.58. The van der Waals surface area contributed by atoms with Crippen LogP contribution < -0.4 is 4.90 Å². The Labute approximate surface area is 171 Å². The van der Waals surface area contributed by atoms with Gasteiger partial charge in [0.25, 0.3) is 5.92 Å². The Morgan fingerprint density at radius 2 is 2.32 bits per heavy atom. The third kappa shape index (κ3) is 4.70. The molecule has 0 aliphatic heterocycles. The average molecular weight is 422 g/mol. The van der Waals surface area contributed by atoms with Gasteiger partial charge in [-0.05, 0) is 19.1 Å². The summed E-state index contributed by atoms with van der Waals surface area (Å²) in [6, 6.07) is 3.74. The fourth-order valence-electron chi connectivity index (χ4n) is 2.77. The molecule has 3 rings (SSSR count). The Morgan fingerprint density at radius 1 is 1.57 bits per heavy atom. The molecule has 1 amide bonds. The number of hydrogen-bond acceptors (Lipinski definition) is 5. The number of amides is 1. The van der Waals surface area contributed by atoms with Crippen molar-refractivity contribution < 1.29 is 13.6 Å². The van der Waals surface area contributed by atoms with Crippen molar-refractivity contribution in [3.8, 4) is 22.9 Å². The number of aryl methyl sites for hydroxylation is 1. The first-order valence-corrected chi connectivity index (χ1v) is 10.9. The monoisotopic (exact) mass is 421 g/mol. The molecular weight excluding hydrogens is 400 g/mol. The molecule has 2 atom stereocenters. The summed E-state index contributed by atoms with van der Waals surface area (Å²) in [5, 5.41) is 1.49. The Balaban J connectivity index is 1.69. The summed E-state index contributed by atoms with van der Waals surface area (Å²) in [4.78, 5) is 23.2. The Hall–Kier alpha value is -1.98. The topological polar surface area (TPSA) is 46.1 Å². The summed E-state index contributed by atoms with van der Waals surface area (Å²) >= 11 is 2.80. The lowest BCUT2D eigenvalue weighted by Gasteiger charge is -2.22. The minimum absolute atomic E-state index is 0.0390. The zero-order chi connectivity index (χ0) is 20.3. The molecule has 0 spiro atoms.